The summed E-state index contributed by atoms with van der Waals surface area (Å²) in [6, 6.07) is 0. The summed E-state index contributed by atoms with van der Waals surface area (Å²) in [5.74, 6) is 0. The highest BCUT2D eigenvalue weighted by Gasteiger charge is 2.10. The summed E-state index contributed by atoms with van der Waals surface area (Å²) in [5.41, 5.74) is 13.2. The Morgan fingerprint density at radius 2 is 1.57 bits per heavy atom. The topological polar surface area (TPSA) is 50.1 Å². The summed E-state index contributed by atoms with van der Waals surface area (Å²) in [5, 5.41) is 6.56. The van der Waals surface area contributed by atoms with Crippen molar-refractivity contribution in [3.8, 4) is 0 Å². The van der Waals surface area contributed by atoms with Gasteiger partial charge in [-0.15, -0.1) is 13.2 Å². The summed E-state index contributed by atoms with van der Waals surface area (Å²) < 4.78 is 0. The van der Waals surface area contributed by atoms with Crippen LogP contribution in [0.5, 0.6) is 0 Å². The standard InChI is InChI=1S/C20H31N3.C3H8.C2H6.C2H4/c1-7-12-23-17(5)15(3)16(4)20(22-6)13-14(2)18-10-8-9-11-19(18)21;1-3-2;2*1-2/h10-11,13,22-23H,3,5,7-9,12,21H2,1-2,4,6H3;3H2,1-2H3;1-2H3;1-2H2/b14-13+,20-16-;;;. The second kappa shape index (κ2) is 21.3. The molecule has 1 aliphatic carbocycles. The van der Waals surface area contributed by atoms with Gasteiger partial charge in [0.05, 0.1) is 0 Å². The van der Waals surface area contributed by atoms with Gasteiger partial charge < -0.3 is 16.4 Å². The van der Waals surface area contributed by atoms with Gasteiger partial charge in [0.25, 0.3) is 0 Å². The summed E-state index contributed by atoms with van der Waals surface area (Å²) in [6.07, 6.45) is 10.8. The zero-order valence-corrected chi connectivity index (χ0v) is 21.2. The van der Waals surface area contributed by atoms with E-state index in [0.29, 0.717) is 0 Å². The molecular formula is C27H49N3. The fourth-order valence-electron chi connectivity index (χ4n) is 2.52. The molecule has 3 nitrogen and oxygen atoms in total. The summed E-state index contributed by atoms with van der Waals surface area (Å²) in [7, 11) is 1.92. The Hall–Kier alpha value is -2.42. The fraction of sp³-hybridized carbons (Fsp3) is 0.481. The Morgan fingerprint density at radius 3 is 2.00 bits per heavy atom. The van der Waals surface area contributed by atoms with Crippen LogP contribution >= 0.6 is 0 Å². The monoisotopic (exact) mass is 415 g/mol. The van der Waals surface area contributed by atoms with Crippen LogP contribution in [-0.4, -0.2) is 13.6 Å². The highest BCUT2D eigenvalue weighted by atomic mass is 14.9. The Morgan fingerprint density at radius 1 is 1.07 bits per heavy atom. The van der Waals surface area contributed by atoms with Gasteiger partial charge in [-0.1, -0.05) is 66.3 Å². The normalized spacial score (nSPS) is 13.3. The minimum absolute atomic E-state index is 0.867. The average Bonchev–Trinajstić information content (AvgIpc) is 2.78. The van der Waals surface area contributed by atoms with Gasteiger partial charge in [0.15, 0.2) is 0 Å². The quantitative estimate of drug-likeness (QED) is 0.288. The van der Waals surface area contributed by atoms with Crippen molar-refractivity contribution < 1.29 is 0 Å². The summed E-state index contributed by atoms with van der Waals surface area (Å²) >= 11 is 0. The van der Waals surface area contributed by atoms with Gasteiger partial charge in [-0.25, -0.2) is 0 Å². The molecule has 4 N–H and O–H groups in total. The molecule has 0 spiro atoms. The maximum Gasteiger partial charge on any atom is 0.0376 e. The summed E-state index contributed by atoms with van der Waals surface area (Å²) in [6.45, 7) is 29.7. The van der Waals surface area contributed by atoms with Crippen LogP contribution in [0, 0.1) is 0 Å². The van der Waals surface area contributed by atoms with E-state index < -0.39 is 0 Å². The SMILES string of the molecule is C=C.C=C(NCCC)C(=C)/C(C)=C(/C=C(\C)C1=CCCC=C1N)NC.CC.CCC. The molecule has 0 amide bonds. The van der Waals surface area contributed by atoms with Crippen molar-refractivity contribution in [1.29, 1.82) is 0 Å². The molecule has 1 rings (SSSR count). The molecule has 1 aliphatic rings. The van der Waals surface area contributed by atoms with E-state index in [9.17, 15) is 0 Å². The van der Waals surface area contributed by atoms with E-state index in [0.717, 1.165) is 65.2 Å². The maximum atomic E-state index is 6.11. The van der Waals surface area contributed by atoms with Crippen LogP contribution < -0.4 is 16.4 Å². The first-order valence-electron chi connectivity index (χ1n) is 11.2. The zero-order valence-electron chi connectivity index (χ0n) is 21.2. The van der Waals surface area contributed by atoms with Gasteiger partial charge in [0, 0.05) is 30.7 Å². The molecule has 172 valence electrons. The average molecular weight is 416 g/mol. The van der Waals surface area contributed by atoms with Crippen molar-refractivity contribution in [3.05, 3.63) is 83.9 Å². The van der Waals surface area contributed by atoms with Crippen molar-refractivity contribution in [3.63, 3.8) is 0 Å². The van der Waals surface area contributed by atoms with Crippen LogP contribution in [0.15, 0.2) is 83.9 Å². The van der Waals surface area contributed by atoms with Crippen molar-refractivity contribution in [2.75, 3.05) is 13.6 Å². The predicted molar refractivity (Wildman–Crippen MR) is 140 cm³/mol. The maximum absolute atomic E-state index is 6.11. The minimum Gasteiger partial charge on any atom is -0.399 e. The number of nitrogens with two attached hydrogens (primary N) is 1. The molecule has 0 bridgehead atoms. The van der Waals surface area contributed by atoms with Crippen LogP contribution in [0.4, 0.5) is 0 Å². The van der Waals surface area contributed by atoms with Crippen LogP contribution in [0.3, 0.4) is 0 Å². The molecule has 30 heavy (non-hydrogen) atoms. The lowest BCUT2D eigenvalue weighted by atomic mass is 9.95. The van der Waals surface area contributed by atoms with E-state index in [1.54, 1.807) is 0 Å². The van der Waals surface area contributed by atoms with Gasteiger partial charge in [-0.05, 0) is 61.5 Å². The Balaban J connectivity index is -0.000000926. The molecule has 3 heteroatoms. The molecule has 0 saturated carbocycles. The minimum atomic E-state index is 0.867. The number of rotatable bonds is 8. The fourth-order valence-corrected chi connectivity index (χ4v) is 2.52. The van der Waals surface area contributed by atoms with Gasteiger partial charge >= 0.3 is 0 Å². The Bertz CT molecular complexity index is 616. The van der Waals surface area contributed by atoms with Crippen LogP contribution in [0.2, 0.25) is 0 Å². The molecule has 0 aliphatic heterocycles. The Labute approximate surface area is 188 Å². The second-order valence-corrected chi connectivity index (χ2v) is 6.56. The highest BCUT2D eigenvalue weighted by Crippen LogP contribution is 2.24. The van der Waals surface area contributed by atoms with Crippen molar-refractivity contribution in [1.82, 2.24) is 10.6 Å². The molecule has 0 saturated heterocycles. The van der Waals surface area contributed by atoms with Gasteiger partial charge in [-0.2, -0.15) is 0 Å². The molecular weight excluding hydrogens is 366 g/mol. The van der Waals surface area contributed by atoms with E-state index in [2.05, 4.69) is 89.8 Å². The molecule has 0 radical (unpaired) electrons. The van der Waals surface area contributed by atoms with E-state index in [1.807, 2.05) is 20.9 Å². The second-order valence-electron chi connectivity index (χ2n) is 6.56. The first kappa shape index (κ1) is 32.3. The van der Waals surface area contributed by atoms with E-state index in [1.165, 1.54) is 6.42 Å². The molecule has 0 aromatic carbocycles. The Kier molecular flexibility index (Phi) is 22.9. The van der Waals surface area contributed by atoms with Crippen LogP contribution in [0.1, 0.15) is 74.1 Å². The molecule has 0 aromatic rings. The van der Waals surface area contributed by atoms with E-state index in [4.69, 9.17) is 5.73 Å². The van der Waals surface area contributed by atoms with Gasteiger partial charge in [0.2, 0.25) is 0 Å². The summed E-state index contributed by atoms with van der Waals surface area (Å²) in [4.78, 5) is 0. The number of likely N-dealkylation sites (N-methyl/N-ethyl adjacent to an activating group) is 1. The molecule has 0 unspecified atom stereocenters. The van der Waals surface area contributed by atoms with Gasteiger partial charge in [0.1, 0.15) is 0 Å². The zero-order chi connectivity index (χ0) is 24.1. The number of nitrogens with one attached hydrogen (secondary N) is 2. The molecule has 0 atom stereocenters. The van der Waals surface area contributed by atoms with Gasteiger partial charge in [-0.3, -0.25) is 0 Å². The first-order valence-corrected chi connectivity index (χ1v) is 11.2. The predicted octanol–water partition coefficient (Wildman–Crippen LogP) is 7.30. The molecule has 0 fully saturated rings. The number of allylic oxidation sites excluding steroid dienone is 5. The van der Waals surface area contributed by atoms with Crippen LogP contribution in [0.25, 0.3) is 0 Å². The van der Waals surface area contributed by atoms with Crippen molar-refractivity contribution in [2.24, 2.45) is 5.73 Å². The third-order valence-corrected chi connectivity index (χ3v) is 4.05. The lowest BCUT2D eigenvalue weighted by Crippen LogP contribution is -2.17. The third kappa shape index (κ3) is 12.9. The lowest BCUT2D eigenvalue weighted by Gasteiger charge is -2.17. The lowest BCUT2D eigenvalue weighted by molar-refractivity contribution is 0.778. The van der Waals surface area contributed by atoms with Crippen molar-refractivity contribution in [2.45, 2.75) is 74.1 Å². The number of hydrogen-bond acceptors (Lipinski definition) is 3. The van der Waals surface area contributed by atoms with E-state index in [-0.39, 0.29) is 0 Å². The number of hydrogen-bond donors (Lipinski definition) is 3. The van der Waals surface area contributed by atoms with Crippen LogP contribution in [-0.2, 0) is 0 Å². The molecule has 0 heterocycles. The highest BCUT2D eigenvalue weighted by molar-refractivity contribution is 5.51. The first-order chi connectivity index (χ1) is 14.3. The largest absolute Gasteiger partial charge is 0.399 e. The molecule has 0 aromatic heterocycles. The smallest absolute Gasteiger partial charge is 0.0376 e. The van der Waals surface area contributed by atoms with Crippen molar-refractivity contribution >= 4 is 0 Å². The van der Waals surface area contributed by atoms with E-state index >= 15 is 0 Å². The third-order valence-electron chi connectivity index (χ3n) is 4.05.